The van der Waals surface area contributed by atoms with Gasteiger partial charge < -0.3 is 9.15 Å². The van der Waals surface area contributed by atoms with Gasteiger partial charge in [-0.3, -0.25) is 4.79 Å². The third-order valence-electron chi connectivity index (χ3n) is 3.05. The fourth-order valence-electron chi connectivity index (χ4n) is 1.91. The minimum absolute atomic E-state index is 0.0160. The summed E-state index contributed by atoms with van der Waals surface area (Å²) in [5.74, 6) is 0.144. The molecule has 0 aliphatic heterocycles. The Kier molecular flexibility index (Phi) is 5.22. The van der Waals surface area contributed by atoms with Gasteiger partial charge in [-0.15, -0.1) is 10.2 Å². The maximum absolute atomic E-state index is 13.5. The van der Waals surface area contributed by atoms with Gasteiger partial charge in [0.05, 0.1) is 11.3 Å². The lowest BCUT2D eigenvalue weighted by Gasteiger charge is -2.01. The largest absolute Gasteiger partial charge is 0.484 e. The van der Waals surface area contributed by atoms with E-state index in [0.29, 0.717) is 11.6 Å². The quantitative estimate of drug-likeness (QED) is 0.480. The van der Waals surface area contributed by atoms with Crippen molar-refractivity contribution in [3.05, 3.63) is 71.9 Å². The highest BCUT2D eigenvalue weighted by Gasteiger charge is 2.14. The lowest BCUT2D eigenvalue weighted by Crippen LogP contribution is -2.04. The van der Waals surface area contributed by atoms with Crippen LogP contribution in [0.3, 0.4) is 0 Å². The lowest BCUT2D eigenvalue weighted by molar-refractivity contribution is 0.101. The smallest absolute Gasteiger partial charge is 0.277 e. The van der Waals surface area contributed by atoms with Crippen molar-refractivity contribution in [3.8, 4) is 5.75 Å². The van der Waals surface area contributed by atoms with Crippen LogP contribution in [0.15, 0.2) is 64.2 Å². The van der Waals surface area contributed by atoms with E-state index in [9.17, 15) is 9.18 Å². The van der Waals surface area contributed by atoms with Crippen LogP contribution in [0.25, 0.3) is 0 Å². The Labute approximate surface area is 141 Å². The molecule has 3 rings (SSSR count). The van der Waals surface area contributed by atoms with Gasteiger partial charge in [-0.05, 0) is 24.3 Å². The Balaban J connectivity index is 1.53. The highest BCUT2D eigenvalue weighted by molar-refractivity contribution is 7.99. The zero-order valence-electron chi connectivity index (χ0n) is 12.5. The summed E-state index contributed by atoms with van der Waals surface area (Å²) in [5, 5.41) is 7.93. The second-order valence-electron chi connectivity index (χ2n) is 4.76. The van der Waals surface area contributed by atoms with Crippen molar-refractivity contribution in [2.24, 2.45) is 0 Å². The van der Waals surface area contributed by atoms with Gasteiger partial charge >= 0.3 is 0 Å². The van der Waals surface area contributed by atoms with Crippen LogP contribution in [0.5, 0.6) is 5.75 Å². The van der Waals surface area contributed by atoms with Crippen molar-refractivity contribution in [1.82, 2.24) is 10.2 Å². The molecule has 0 bridgehead atoms. The first-order chi connectivity index (χ1) is 11.7. The number of ketones is 1. The number of hydrogen-bond acceptors (Lipinski definition) is 6. The van der Waals surface area contributed by atoms with Crippen molar-refractivity contribution < 1.29 is 18.3 Å². The van der Waals surface area contributed by atoms with Crippen molar-refractivity contribution in [2.45, 2.75) is 11.8 Å². The van der Waals surface area contributed by atoms with Gasteiger partial charge in [0.25, 0.3) is 11.1 Å². The van der Waals surface area contributed by atoms with Crippen molar-refractivity contribution in [3.63, 3.8) is 0 Å². The second-order valence-corrected chi connectivity index (χ2v) is 5.68. The predicted octanol–water partition coefficient (Wildman–Crippen LogP) is 3.76. The summed E-state index contributed by atoms with van der Waals surface area (Å²) in [5.41, 5.74) is 0.0529. The maximum Gasteiger partial charge on any atom is 0.277 e. The number of aromatic nitrogens is 2. The molecule has 0 saturated carbocycles. The summed E-state index contributed by atoms with van der Waals surface area (Å²) in [6.07, 6.45) is 0. The number of benzene rings is 2. The molecule has 3 aromatic rings. The first-order valence-corrected chi connectivity index (χ1v) is 8.11. The molecular formula is C17H13FN2O3S. The molecule has 0 amide bonds. The van der Waals surface area contributed by atoms with Crippen LogP contribution in [-0.4, -0.2) is 21.7 Å². The molecule has 0 unspecified atom stereocenters. The summed E-state index contributed by atoms with van der Waals surface area (Å²) in [6.45, 7) is 0.138. The number of ether oxygens (including phenoxy) is 1. The number of rotatable bonds is 7. The molecule has 0 radical (unpaired) electrons. The zero-order chi connectivity index (χ0) is 16.8. The van der Waals surface area contributed by atoms with Gasteiger partial charge in [0, 0.05) is 0 Å². The molecule has 0 fully saturated rings. The molecule has 0 aliphatic carbocycles. The Hall–Kier alpha value is -2.67. The van der Waals surface area contributed by atoms with Gasteiger partial charge in [-0.1, -0.05) is 42.1 Å². The number of halogens is 1. The lowest BCUT2D eigenvalue weighted by atomic mass is 10.1. The van der Waals surface area contributed by atoms with E-state index in [1.165, 1.54) is 18.2 Å². The van der Waals surface area contributed by atoms with E-state index in [2.05, 4.69) is 10.2 Å². The van der Waals surface area contributed by atoms with Crippen LogP contribution in [0, 0.1) is 5.82 Å². The number of nitrogens with zero attached hydrogens (tertiary/aromatic N) is 2. The van der Waals surface area contributed by atoms with Gasteiger partial charge in [0.15, 0.2) is 12.4 Å². The average molecular weight is 344 g/mol. The molecule has 24 heavy (non-hydrogen) atoms. The molecule has 7 heteroatoms. The zero-order valence-corrected chi connectivity index (χ0v) is 13.3. The van der Waals surface area contributed by atoms with E-state index in [4.69, 9.17) is 9.15 Å². The predicted molar refractivity (Wildman–Crippen MR) is 86.5 cm³/mol. The molecular weight excluding hydrogens is 331 g/mol. The first-order valence-electron chi connectivity index (χ1n) is 7.13. The van der Waals surface area contributed by atoms with Crippen molar-refractivity contribution in [1.29, 1.82) is 0 Å². The number of thioether (sulfide) groups is 1. The van der Waals surface area contributed by atoms with Crippen molar-refractivity contribution in [2.75, 3.05) is 5.75 Å². The molecule has 5 nitrogen and oxygen atoms in total. The van der Waals surface area contributed by atoms with Crippen LogP contribution in [-0.2, 0) is 6.61 Å². The summed E-state index contributed by atoms with van der Waals surface area (Å²) in [4.78, 5) is 12.0. The topological polar surface area (TPSA) is 65.2 Å². The van der Waals surface area contributed by atoms with Crippen LogP contribution in [0.4, 0.5) is 4.39 Å². The van der Waals surface area contributed by atoms with Gasteiger partial charge in [0.2, 0.25) is 0 Å². The molecule has 1 heterocycles. The Morgan fingerprint density at radius 1 is 1.08 bits per heavy atom. The number of carbonyl (C=O) groups is 1. The number of hydrogen-bond donors (Lipinski definition) is 0. The van der Waals surface area contributed by atoms with Crippen LogP contribution in [0.2, 0.25) is 0 Å². The Bertz CT molecular complexity index is 823. The minimum Gasteiger partial charge on any atom is -0.484 e. The van der Waals surface area contributed by atoms with Crippen LogP contribution < -0.4 is 4.74 Å². The van der Waals surface area contributed by atoms with E-state index in [-0.39, 0.29) is 28.9 Å². The molecule has 122 valence electrons. The highest BCUT2D eigenvalue weighted by atomic mass is 32.2. The molecule has 2 aromatic carbocycles. The van der Waals surface area contributed by atoms with Crippen molar-refractivity contribution >= 4 is 17.5 Å². The second kappa shape index (κ2) is 7.74. The highest BCUT2D eigenvalue weighted by Crippen LogP contribution is 2.19. The van der Waals surface area contributed by atoms with E-state index in [1.54, 1.807) is 6.07 Å². The molecule has 1 aromatic heterocycles. The first kappa shape index (κ1) is 16.2. The molecule has 0 saturated heterocycles. The fourth-order valence-corrected chi connectivity index (χ4v) is 2.57. The monoisotopic (exact) mass is 344 g/mol. The van der Waals surface area contributed by atoms with E-state index in [1.807, 2.05) is 30.3 Å². The third-order valence-corrected chi connectivity index (χ3v) is 3.87. The molecule has 0 N–H and O–H groups in total. The average Bonchev–Trinajstić information content (AvgIpc) is 3.07. The summed E-state index contributed by atoms with van der Waals surface area (Å²) >= 11 is 1.06. The maximum atomic E-state index is 13.5. The SMILES string of the molecule is O=C(CSc1nnc(COc2ccccc2)o1)c1ccccc1F. The minimum atomic E-state index is -0.537. The number of carbonyl (C=O) groups excluding carboxylic acids is 1. The Morgan fingerprint density at radius 2 is 1.83 bits per heavy atom. The summed E-state index contributed by atoms with van der Waals surface area (Å²) < 4.78 is 24.4. The van der Waals surface area contributed by atoms with Crippen LogP contribution in [0.1, 0.15) is 16.2 Å². The molecule has 0 spiro atoms. The number of Topliss-reactive ketones (excluding diaryl/α,β-unsaturated/α-hetero) is 1. The summed E-state index contributed by atoms with van der Waals surface area (Å²) in [7, 11) is 0. The standard InChI is InChI=1S/C17H13FN2O3S/c18-14-9-5-4-8-13(14)15(21)11-24-17-20-19-16(23-17)10-22-12-6-2-1-3-7-12/h1-9H,10-11H2. The number of para-hydroxylation sites is 1. The van der Waals surface area contributed by atoms with Crippen LogP contribution >= 0.6 is 11.8 Å². The third kappa shape index (κ3) is 4.20. The summed E-state index contributed by atoms with van der Waals surface area (Å²) in [6, 6.07) is 15.1. The van der Waals surface area contributed by atoms with Gasteiger partial charge in [-0.25, -0.2) is 4.39 Å². The molecule has 0 atom stereocenters. The van der Waals surface area contributed by atoms with E-state index < -0.39 is 5.82 Å². The normalized spacial score (nSPS) is 10.5. The van der Waals surface area contributed by atoms with E-state index >= 15 is 0 Å². The molecule has 0 aliphatic rings. The van der Waals surface area contributed by atoms with Gasteiger partial charge in [-0.2, -0.15) is 0 Å². The van der Waals surface area contributed by atoms with Gasteiger partial charge in [0.1, 0.15) is 11.6 Å². The fraction of sp³-hybridized carbons (Fsp3) is 0.118. The Morgan fingerprint density at radius 3 is 2.62 bits per heavy atom. The van der Waals surface area contributed by atoms with E-state index in [0.717, 1.165) is 11.8 Å².